The second-order valence-corrected chi connectivity index (χ2v) is 13.9. The molecule has 0 aliphatic carbocycles. The Hall–Kier alpha value is -3.59. The van der Waals surface area contributed by atoms with Crippen LogP contribution >= 0.6 is 18.7 Å². The van der Waals surface area contributed by atoms with Crippen LogP contribution in [0.15, 0.2) is 55.3 Å². The van der Waals surface area contributed by atoms with Gasteiger partial charge in [0.1, 0.15) is 23.7 Å². The summed E-state index contributed by atoms with van der Waals surface area (Å²) in [5.41, 5.74) is 1.60. The van der Waals surface area contributed by atoms with Gasteiger partial charge in [-0.25, -0.2) is 4.98 Å². The summed E-state index contributed by atoms with van der Waals surface area (Å²) in [4.78, 5) is 23.4. The van der Waals surface area contributed by atoms with Crippen LogP contribution in [0.3, 0.4) is 0 Å². The quantitative estimate of drug-likeness (QED) is 0.188. The molecule has 0 spiro atoms. The maximum atomic E-state index is 12.8. The van der Waals surface area contributed by atoms with Gasteiger partial charge in [0.2, 0.25) is 11.9 Å². The van der Waals surface area contributed by atoms with E-state index < -0.39 is 7.14 Å². The van der Waals surface area contributed by atoms with Crippen LogP contribution in [0.1, 0.15) is 12.8 Å². The van der Waals surface area contributed by atoms with Gasteiger partial charge < -0.3 is 34.9 Å². The topological polar surface area (TPSA) is 118 Å². The monoisotopic (exact) mass is 598 g/mol. The van der Waals surface area contributed by atoms with Gasteiger partial charge in [-0.3, -0.25) is 4.79 Å². The maximum absolute atomic E-state index is 12.8. The molecule has 10 nitrogen and oxygen atoms in total. The second-order valence-electron chi connectivity index (χ2n) is 10.3. The van der Waals surface area contributed by atoms with Gasteiger partial charge in [0.05, 0.1) is 37.0 Å². The Labute approximate surface area is 245 Å². The van der Waals surface area contributed by atoms with Gasteiger partial charge >= 0.3 is 0 Å². The Morgan fingerprint density at radius 3 is 2.56 bits per heavy atom. The minimum atomic E-state index is -2.56. The zero-order chi connectivity index (χ0) is 29.6. The minimum Gasteiger partial charge on any atom is -0.494 e. The number of piperidine rings is 1. The lowest BCUT2D eigenvalue weighted by Crippen LogP contribution is -2.32. The molecule has 1 fully saturated rings. The van der Waals surface area contributed by atoms with Crippen LogP contribution in [0.2, 0.25) is 5.02 Å². The fourth-order valence-electron chi connectivity index (χ4n) is 4.48. The third kappa shape index (κ3) is 8.00. The molecule has 0 bridgehead atoms. The van der Waals surface area contributed by atoms with Gasteiger partial charge in [-0.05, 0) is 76.5 Å². The molecule has 1 aromatic heterocycles. The third-order valence-electron chi connectivity index (χ3n) is 6.79. The molecule has 0 saturated carbocycles. The number of ether oxygens (including phenoxy) is 2. The van der Waals surface area contributed by atoms with E-state index in [1.807, 2.05) is 24.3 Å². The molecule has 1 aliphatic rings. The summed E-state index contributed by atoms with van der Waals surface area (Å²) in [5.74, 6) is 1.57. The molecule has 218 valence electrons. The lowest BCUT2D eigenvalue weighted by Gasteiger charge is -2.29. The Bertz CT molecular complexity index is 1460. The highest BCUT2D eigenvalue weighted by Crippen LogP contribution is 2.40. The highest BCUT2D eigenvalue weighted by molar-refractivity contribution is 7.70. The number of para-hydroxylation sites is 1. The predicted molar refractivity (Wildman–Crippen MR) is 167 cm³/mol. The Morgan fingerprint density at radius 1 is 1.15 bits per heavy atom. The molecule has 1 amide bonds. The molecule has 12 heteroatoms. The van der Waals surface area contributed by atoms with E-state index >= 15 is 0 Å². The molecule has 2 heterocycles. The highest BCUT2D eigenvalue weighted by Gasteiger charge is 2.21. The number of benzene rings is 2. The van der Waals surface area contributed by atoms with Crippen molar-refractivity contribution >= 4 is 58.8 Å². The van der Waals surface area contributed by atoms with Crippen molar-refractivity contribution in [1.29, 1.82) is 0 Å². The molecule has 41 heavy (non-hydrogen) atoms. The van der Waals surface area contributed by atoms with E-state index in [1.54, 1.807) is 32.6 Å². The first-order chi connectivity index (χ1) is 19.6. The van der Waals surface area contributed by atoms with Crippen molar-refractivity contribution in [3.05, 3.63) is 60.3 Å². The number of anilines is 5. The van der Waals surface area contributed by atoms with E-state index in [4.69, 9.17) is 21.1 Å². The fraction of sp³-hybridized carbons (Fsp3) is 0.345. The number of likely N-dealkylation sites (tertiary alicyclic amines) is 1. The van der Waals surface area contributed by atoms with Crippen molar-refractivity contribution in [1.82, 2.24) is 14.9 Å². The zero-order valence-electron chi connectivity index (χ0n) is 23.7. The lowest BCUT2D eigenvalue weighted by molar-refractivity contribution is -0.111. The summed E-state index contributed by atoms with van der Waals surface area (Å²) in [7, 11) is 1.10. The van der Waals surface area contributed by atoms with E-state index in [0.717, 1.165) is 25.9 Å². The molecular formula is C29H36ClN6O4P. The number of aromatic nitrogens is 2. The number of carbonyl (C=O) groups is 1. The van der Waals surface area contributed by atoms with Crippen molar-refractivity contribution in [3.63, 3.8) is 0 Å². The van der Waals surface area contributed by atoms with E-state index in [9.17, 15) is 9.36 Å². The first kappa shape index (κ1) is 30.4. The number of amides is 1. The number of methoxy groups -OCH3 is 1. The standard InChI is InChI=1S/C29H36ClN6O4P/c1-6-27(37)32-23-15-22(24(39-3)16-25(23)40-18-19-11-13-36(2)14-12-19)34-29-31-17-20(30)28(35-29)33-21-9-7-8-10-26(21)41(4,5)38/h6-10,15-17,19H,1,11-14,18H2,2-5H3,(H,32,37)(H2,31,33,34,35). The smallest absolute Gasteiger partial charge is 0.247 e. The van der Waals surface area contributed by atoms with Crippen LogP contribution in [0, 0.1) is 5.92 Å². The van der Waals surface area contributed by atoms with Crippen molar-refractivity contribution < 1.29 is 18.8 Å². The van der Waals surface area contributed by atoms with Gasteiger partial charge in [0.25, 0.3) is 0 Å². The first-order valence-electron chi connectivity index (χ1n) is 13.2. The van der Waals surface area contributed by atoms with E-state index in [0.29, 0.717) is 52.2 Å². The fourth-order valence-corrected chi connectivity index (χ4v) is 5.77. The number of hydrogen-bond acceptors (Lipinski definition) is 9. The number of carbonyl (C=O) groups excluding carboxylic acids is 1. The Balaban J connectivity index is 1.61. The van der Waals surface area contributed by atoms with Gasteiger partial charge in [0.15, 0.2) is 5.82 Å². The maximum Gasteiger partial charge on any atom is 0.247 e. The molecule has 3 N–H and O–H groups in total. The minimum absolute atomic E-state index is 0.227. The van der Waals surface area contributed by atoms with Gasteiger partial charge in [-0.1, -0.05) is 30.3 Å². The van der Waals surface area contributed by atoms with E-state index in [1.165, 1.54) is 12.3 Å². The lowest BCUT2D eigenvalue weighted by atomic mass is 9.98. The molecule has 0 atom stereocenters. The molecule has 0 unspecified atom stereocenters. The first-order valence-corrected chi connectivity index (χ1v) is 16.2. The third-order valence-corrected chi connectivity index (χ3v) is 8.61. The number of halogens is 1. The molecule has 3 aromatic rings. The van der Waals surface area contributed by atoms with Crippen molar-refractivity contribution in [3.8, 4) is 11.5 Å². The van der Waals surface area contributed by atoms with E-state index in [2.05, 4.69) is 44.4 Å². The van der Waals surface area contributed by atoms with E-state index in [-0.39, 0.29) is 16.9 Å². The van der Waals surface area contributed by atoms with Gasteiger partial charge in [0, 0.05) is 11.4 Å². The summed E-state index contributed by atoms with van der Waals surface area (Å²) in [6.45, 7) is 9.55. The van der Waals surface area contributed by atoms with Gasteiger partial charge in [-0.15, -0.1) is 0 Å². The summed E-state index contributed by atoms with van der Waals surface area (Å²) in [6.07, 6.45) is 4.75. The Morgan fingerprint density at radius 2 is 1.88 bits per heavy atom. The molecule has 0 radical (unpaired) electrons. The molecule has 4 rings (SSSR count). The number of nitrogens with zero attached hydrogens (tertiary/aromatic N) is 3. The predicted octanol–water partition coefficient (Wildman–Crippen LogP) is 5.72. The number of rotatable bonds is 11. The van der Waals surface area contributed by atoms with Crippen LogP contribution in [0.5, 0.6) is 11.5 Å². The average Bonchev–Trinajstić information content (AvgIpc) is 2.95. The molecule has 2 aromatic carbocycles. The highest BCUT2D eigenvalue weighted by atomic mass is 35.5. The molecule has 1 saturated heterocycles. The van der Waals surface area contributed by atoms with Crippen molar-refractivity contribution in [2.45, 2.75) is 12.8 Å². The van der Waals surface area contributed by atoms with Crippen LogP contribution in [0.25, 0.3) is 0 Å². The van der Waals surface area contributed by atoms with Crippen LogP contribution in [-0.4, -0.2) is 68.0 Å². The number of nitrogens with one attached hydrogen (secondary N) is 3. The van der Waals surface area contributed by atoms with Crippen molar-refractivity contribution in [2.75, 3.05) is 63.1 Å². The summed E-state index contributed by atoms with van der Waals surface area (Å²) < 4.78 is 24.6. The van der Waals surface area contributed by atoms with Gasteiger partial charge in [-0.2, -0.15) is 4.98 Å². The Kier molecular flexibility index (Phi) is 9.91. The zero-order valence-corrected chi connectivity index (χ0v) is 25.4. The van der Waals surface area contributed by atoms with Crippen LogP contribution in [-0.2, 0) is 9.36 Å². The summed E-state index contributed by atoms with van der Waals surface area (Å²) in [5, 5.41) is 10.1. The van der Waals surface area contributed by atoms with Crippen molar-refractivity contribution in [2.24, 2.45) is 5.92 Å². The number of hydrogen-bond donors (Lipinski definition) is 3. The van der Waals surface area contributed by atoms with Crippen LogP contribution < -0.4 is 30.7 Å². The summed E-state index contributed by atoms with van der Waals surface area (Å²) in [6, 6.07) is 10.7. The molecule has 1 aliphatic heterocycles. The SMILES string of the molecule is C=CC(=O)Nc1cc(Nc2ncc(Cl)c(Nc3ccccc3P(C)(C)=O)n2)c(OC)cc1OCC1CCN(C)CC1. The average molecular weight is 599 g/mol. The van der Waals surface area contributed by atoms with Crippen LogP contribution in [0.4, 0.5) is 28.8 Å². The molecular weight excluding hydrogens is 563 g/mol. The second kappa shape index (κ2) is 13.4. The largest absolute Gasteiger partial charge is 0.494 e. The normalized spacial score (nSPS) is 14.3. The summed E-state index contributed by atoms with van der Waals surface area (Å²) >= 11 is 6.42.